The summed E-state index contributed by atoms with van der Waals surface area (Å²) in [7, 11) is 0. The standard InChI is InChI=1S/C12H18N2O2/c1-3-4-5-6-16-12(15)10-7-11(13)14-8-9(10)2/h7-8H,3-6H2,1-2H3,(H2,13,14). The number of carbonyl (C=O) groups excluding carboxylic acids is 1. The normalized spacial score (nSPS) is 10.1. The van der Waals surface area contributed by atoms with E-state index in [0.29, 0.717) is 18.0 Å². The third kappa shape index (κ3) is 3.53. The van der Waals surface area contributed by atoms with E-state index in [1.54, 1.807) is 12.3 Å². The average molecular weight is 222 g/mol. The molecule has 1 heterocycles. The SMILES string of the molecule is CCCCCOC(=O)c1cc(N)ncc1C. The van der Waals surface area contributed by atoms with Crippen molar-refractivity contribution >= 4 is 11.8 Å². The predicted octanol–water partition coefficient (Wildman–Crippen LogP) is 2.32. The summed E-state index contributed by atoms with van der Waals surface area (Å²) in [5.74, 6) is 0.0220. The topological polar surface area (TPSA) is 65.2 Å². The van der Waals surface area contributed by atoms with Gasteiger partial charge in [0.25, 0.3) is 0 Å². The number of esters is 1. The Kier molecular flexibility index (Phi) is 4.76. The van der Waals surface area contributed by atoms with Crippen LogP contribution in [0.3, 0.4) is 0 Å². The Morgan fingerprint density at radius 3 is 2.94 bits per heavy atom. The number of rotatable bonds is 5. The number of nitrogen functional groups attached to an aromatic ring is 1. The van der Waals surface area contributed by atoms with Gasteiger partial charge < -0.3 is 10.5 Å². The Bertz CT molecular complexity index is 364. The molecule has 1 aromatic rings. The maximum atomic E-state index is 11.7. The number of aryl methyl sites for hydroxylation is 1. The zero-order valence-corrected chi connectivity index (χ0v) is 9.82. The van der Waals surface area contributed by atoms with Gasteiger partial charge in [-0.1, -0.05) is 19.8 Å². The quantitative estimate of drug-likeness (QED) is 0.613. The molecule has 0 bridgehead atoms. The highest BCUT2D eigenvalue weighted by Gasteiger charge is 2.10. The lowest BCUT2D eigenvalue weighted by atomic mass is 10.1. The van der Waals surface area contributed by atoms with Gasteiger partial charge in [0.05, 0.1) is 12.2 Å². The summed E-state index contributed by atoms with van der Waals surface area (Å²) < 4.78 is 5.14. The molecule has 0 atom stereocenters. The van der Waals surface area contributed by atoms with Crippen LogP contribution in [0, 0.1) is 6.92 Å². The first-order valence-corrected chi connectivity index (χ1v) is 5.54. The molecule has 0 amide bonds. The van der Waals surface area contributed by atoms with Crippen LogP contribution in [0.4, 0.5) is 5.82 Å². The summed E-state index contributed by atoms with van der Waals surface area (Å²) in [6, 6.07) is 1.55. The van der Waals surface area contributed by atoms with Crippen molar-refractivity contribution in [3.63, 3.8) is 0 Å². The van der Waals surface area contributed by atoms with Crippen molar-refractivity contribution in [1.29, 1.82) is 0 Å². The fourth-order valence-corrected chi connectivity index (χ4v) is 1.35. The molecule has 4 heteroatoms. The lowest BCUT2D eigenvalue weighted by molar-refractivity contribution is 0.0497. The van der Waals surface area contributed by atoms with Crippen LogP contribution in [0.25, 0.3) is 0 Å². The molecule has 0 aliphatic rings. The minimum absolute atomic E-state index is 0.317. The van der Waals surface area contributed by atoms with Crippen LogP contribution in [0.1, 0.15) is 42.1 Å². The first kappa shape index (κ1) is 12.5. The van der Waals surface area contributed by atoms with Crippen molar-refractivity contribution in [1.82, 2.24) is 4.98 Å². The van der Waals surface area contributed by atoms with Crippen molar-refractivity contribution in [2.45, 2.75) is 33.1 Å². The molecule has 0 radical (unpaired) electrons. The second-order valence-corrected chi connectivity index (χ2v) is 3.77. The van der Waals surface area contributed by atoms with Crippen LogP contribution >= 0.6 is 0 Å². The molecular formula is C12H18N2O2. The van der Waals surface area contributed by atoms with Gasteiger partial charge in [0, 0.05) is 6.20 Å². The van der Waals surface area contributed by atoms with E-state index in [-0.39, 0.29) is 5.97 Å². The molecule has 1 rings (SSSR count). The molecule has 0 aliphatic heterocycles. The molecule has 2 N–H and O–H groups in total. The first-order chi connectivity index (χ1) is 7.65. The summed E-state index contributed by atoms with van der Waals surface area (Å²) in [6.07, 6.45) is 4.67. The number of unbranched alkanes of at least 4 members (excludes halogenated alkanes) is 2. The van der Waals surface area contributed by atoms with Crippen LogP contribution in [0.2, 0.25) is 0 Å². The Morgan fingerprint density at radius 2 is 2.25 bits per heavy atom. The van der Waals surface area contributed by atoms with E-state index in [1.165, 1.54) is 0 Å². The summed E-state index contributed by atoms with van der Waals surface area (Å²) in [5, 5.41) is 0. The van der Waals surface area contributed by atoms with Gasteiger partial charge in [-0.25, -0.2) is 9.78 Å². The smallest absolute Gasteiger partial charge is 0.338 e. The summed E-state index contributed by atoms with van der Waals surface area (Å²) in [6.45, 7) is 4.39. The molecule has 0 aliphatic carbocycles. The number of anilines is 1. The minimum Gasteiger partial charge on any atom is -0.462 e. The first-order valence-electron chi connectivity index (χ1n) is 5.54. The van der Waals surface area contributed by atoms with E-state index in [0.717, 1.165) is 24.8 Å². The van der Waals surface area contributed by atoms with Crippen LogP contribution < -0.4 is 5.73 Å². The third-order valence-corrected chi connectivity index (χ3v) is 2.33. The Morgan fingerprint density at radius 1 is 1.50 bits per heavy atom. The van der Waals surface area contributed by atoms with E-state index in [9.17, 15) is 4.79 Å². The van der Waals surface area contributed by atoms with E-state index < -0.39 is 0 Å². The molecule has 0 spiro atoms. The van der Waals surface area contributed by atoms with Gasteiger partial charge in [-0.3, -0.25) is 0 Å². The molecule has 0 aromatic carbocycles. The van der Waals surface area contributed by atoms with Gasteiger partial charge in [0.1, 0.15) is 5.82 Å². The largest absolute Gasteiger partial charge is 0.462 e. The predicted molar refractivity (Wildman–Crippen MR) is 63.2 cm³/mol. The highest BCUT2D eigenvalue weighted by molar-refractivity contribution is 5.91. The van der Waals surface area contributed by atoms with Crippen LogP contribution in [0.15, 0.2) is 12.3 Å². The number of aromatic nitrogens is 1. The van der Waals surface area contributed by atoms with Gasteiger partial charge in [0.2, 0.25) is 0 Å². The van der Waals surface area contributed by atoms with Crippen LogP contribution in [-0.4, -0.2) is 17.6 Å². The monoisotopic (exact) mass is 222 g/mol. The molecule has 1 aromatic heterocycles. The number of hydrogen-bond donors (Lipinski definition) is 1. The Labute approximate surface area is 95.8 Å². The maximum Gasteiger partial charge on any atom is 0.338 e. The summed E-state index contributed by atoms with van der Waals surface area (Å²) in [5.41, 5.74) is 6.81. The van der Waals surface area contributed by atoms with E-state index in [2.05, 4.69) is 11.9 Å². The van der Waals surface area contributed by atoms with E-state index in [1.807, 2.05) is 6.92 Å². The number of carbonyl (C=O) groups is 1. The number of nitrogens with zero attached hydrogens (tertiary/aromatic N) is 1. The van der Waals surface area contributed by atoms with E-state index >= 15 is 0 Å². The molecule has 16 heavy (non-hydrogen) atoms. The van der Waals surface area contributed by atoms with Gasteiger partial charge in [-0.05, 0) is 25.0 Å². The summed E-state index contributed by atoms with van der Waals surface area (Å²) in [4.78, 5) is 15.6. The zero-order chi connectivity index (χ0) is 12.0. The van der Waals surface area contributed by atoms with Gasteiger partial charge in [-0.2, -0.15) is 0 Å². The fourth-order valence-electron chi connectivity index (χ4n) is 1.35. The molecular weight excluding hydrogens is 204 g/mol. The molecule has 0 saturated carbocycles. The van der Waals surface area contributed by atoms with E-state index in [4.69, 9.17) is 10.5 Å². The second-order valence-electron chi connectivity index (χ2n) is 3.77. The van der Waals surface area contributed by atoms with Gasteiger partial charge >= 0.3 is 5.97 Å². The average Bonchev–Trinajstić information content (AvgIpc) is 2.27. The lowest BCUT2D eigenvalue weighted by Crippen LogP contribution is -2.09. The summed E-state index contributed by atoms with van der Waals surface area (Å²) >= 11 is 0. The highest BCUT2D eigenvalue weighted by atomic mass is 16.5. The second kappa shape index (κ2) is 6.10. The molecule has 0 fully saturated rings. The zero-order valence-electron chi connectivity index (χ0n) is 9.82. The van der Waals surface area contributed by atoms with Crippen molar-refractivity contribution in [2.24, 2.45) is 0 Å². The number of ether oxygens (including phenoxy) is 1. The minimum atomic E-state index is -0.317. The van der Waals surface area contributed by atoms with Crippen LogP contribution in [0.5, 0.6) is 0 Å². The third-order valence-electron chi connectivity index (χ3n) is 2.33. The van der Waals surface area contributed by atoms with Crippen molar-refractivity contribution in [3.05, 3.63) is 23.4 Å². The fraction of sp³-hybridized carbons (Fsp3) is 0.500. The Balaban J connectivity index is 2.55. The van der Waals surface area contributed by atoms with Gasteiger partial charge in [-0.15, -0.1) is 0 Å². The van der Waals surface area contributed by atoms with Gasteiger partial charge in [0.15, 0.2) is 0 Å². The number of hydrogen-bond acceptors (Lipinski definition) is 4. The number of nitrogens with two attached hydrogens (primary N) is 1. The molecule has 0 unspecified atom stereocenters. The number of pyridine rings is 1. The van der Waals surface area contributed by atoms with Crippen molar-refractivity contribution < 1.29 is 9.53 Å². The van der Waals surface area contributed by atoms with Crippen molar-refractivity contribution in [3.8, 4) is 0 Å². The van der Waals surface area contributed by atoms with Crippen LogP contribution in [-0.2, 0) is 4.74 Å². The molecule has 88 valence electrons. The highest BCUT2D eigenvalue weighted by Crippen LogP contribution is 2.11. The maximum absolute atomic E-state index is 11.7. The molecule has 0 saturated heterocycles. The molecule has 4 nitrogen and oxygen atoms in total. The van der Waals surface area contributed by atoms with Crippen molar-refractivity contribution in [2.75, 3.05) is 12.3 Å². The lowest BCUT2D eigenvalue weighted by Gasteiger charge is -2.07. The Hall–Kier alpha value is -1.58.